The lowest BCUT2D eigenvalue weighted by atomic mass is 9.78. The number of nitrogens with zero attached hydrogens (tertiary/aromatic N) is 3. The van der Waals surface area contributed by atoms with E-state index in [2.05, 4.69) is 20.6 Å². The number of benzene rings is 2. The number of rotatable bonds is 5. The molecular weight excluding hydrogens is 521 g/mol. The number of hydrogen-bond donors (Lipinski definition) is 3. The van der Waals surface area contributed by atoms with Gasteiger partial charge in [0, 0.05) is 53.2 Å². The van der Waals surface area contributed by atoms with E-state index in [1.54, 1.807) is 36.7 Å². The van der Waals surface area contributed by atoms with Crippen LogP contribution in [0, 0.1) is 0 Å². The zero-order valence-electron chi connectivity index (χ0n) is 22.3. The highest BCUT2D eigenvalue weighted by atomic mass is 16.5. The number of carbonyl (C=O) groups excluding carboxylic acids is 2. The fraction of sp³-hybridized carbons (Fsp3) is 0.200. The third-order valence-corrected chi connectivity index (χ3v) is 7.70. The number of fused-ring (bicyclic) bond motifs is 4. The monoisotopic (exact) mass is 547 g/mol. The van der Waals surface area contributed by atoms with Crippen LogP contribution >= 0.6 is 0 Å². The summed E-state index contributed by atoms with van der Waals surface area (Å²) in [5, 5.41) is 16.1. The predicted molar refractivity (Wildman–Crippen MR) is 155 cm³/mol. The molecule has 1 atom stereocenters. The van der Waals surface area contributed by atoms with Gasteiger partial charge in [0.25, 0.3) is 5.91 Å². The van der Waals surface area contributed by atoms with E-state index >= 15 is 0 Å². The third kappa shape index (κ3) is 4.58. The minimum absolute atomic E-state index is 0.141. The van der Waals surface area contributed by atoms with Gasteiger partial charge < -0.3 is 29.9 Å². The summed E-state index contributed by atoms with van der Waals surface area (Å²) in [7, 11) is -1.02. The van der Waals surface area contributed by atoms with Crippen molar-refractivity contribution in [2.45, 2.75) is 32.5 Å². The summed E-state index contributed by atoms with van der Waals surface area (Å²) >= 11 is 0. The lowest BCUT2D eigenvalue weighted by molar-refractivity contribution is -0.117. The lowest BCUT2D eigenvalue weighted by Crippen LogP contribution is -2.29. The summed E-state index contributed by atoms with van der Waals surface area (Å²) in [6.45, 7) is 2.89. The first-order valence-electron chi connectivity index (χ1n) is 13.5. The molecule has 3 N–H and O–H groups in total. The Labute approximate surface area is 236 Å². The first-order chi connectivity index (χ1) is 19.9. The molecule has 1 unspecified atom stereocenters. The van der Waals surface area contributed by atoms with Gasteiger partial charge in [-0.2, -0.15) is 0 Å². The Hall–Kier alpha value is -4.74. The van der Waals surface area contributed by atoms with Gasteiger partial charge in [0.05, 0.1) is 30.4 Å². The van der Waals surface area contributed by atoms with Crippen molar-refractivity contribution in [1.29, 1.82) is 0 Å². The summed E-state index contributed by atoms with van der Waals surface area (Å²) in [6.07, 6.45) is 6.27. The molecule has 204 valence electrons. The number of ether oxygens (including phenoxy) is 1. The number of nitrogens with one attached hydrogen (secondary N) is 2. The number of hydrogen-bond acceptors (Lipinski definition) is 8. The van der Waals surface area contributed by atoms with Crippen LogP contribution in [0.2, 0.25) is 0 Å². The van der Waals surface area contributed by atoms with E-state index in [0.29, 0.717) is 40.2 Å². The minimum Gasteiger partial charge on any atom is -0.485 e. The van der Waals surface area contributed by atoms with Crippen molar-refractivity contribution < 1.29 is 24.0 Å². The molecule has 0 spiro atoms. The Morgan fingerprint density at radius 3 is 2.83 bits per heavy atom. The standard InChI is InChI=1S/C30H26BN5O5/c1-17-23-12-28(33-15-24(23)21-8-7-20(11-27(21)41-17)36-9-3-6-29(36)37)34-18-10-19(14-32-13-18)35-30(38)22-4-2-5-26-25(22)16-40-31(26)39/h2,4-5,7-8,10-15,17,39H,3,6,9,16H2,1H3,(H,33,34)(H,35,38). The van der Waals surface area contributed by atoms with Gasteiger partial charge in [-0.3, -0.25) is 14.6 Å². The van der Waals surface area contributed by atoms with Crippen LogP contribution in [-0.4, -0.2) is 40.5 Å². The van der Waals surface area contributed by atoms with Gasteiger partial charge in [-0.05, 0) is 54.7 Å². The summed E-state index contributed by atoms with van der Waals surface area (Å²) in [6, 6.07) is 14.8. The minimum atomic E-state index is -1.02. The summed E-state index contributed by atoms with van der Waals surface area (Å²) in [5.41, 5.74) is 6.64. The van der Waals surface area contributed by atoms with E-state index < -0.39 is 7.12 Å². The van der Waals surface area contributed by atoms with Gasteiger partial charge in [-0.15, -0.1) is 0 Å². The van der Waals surface area contributed by atoms with Crippen LogP contribution in [0.25, 0.3) is 11.1 Å². The molecule has 0 aliphatic carbocycles. The van der Waals surface area contributed by atoms with Crippen LogP contribution in [0.4, 0.5) is 22.9 Å². The summed E-state index contributed by atoms with van der Waals surface area (Å²) in [5.74, 6) is 1.18. The number of carbonyl (C=O) groups is 2. The highest BCUT2D eigenvalue weighted by Gasteiger charge is 2.31. The third-order valence-electron chi connectivity index (χ3n) is 7.70. The Morgan fingerprint density at radius 1 is 1.10 bits per heavy atom. The molecule has 1 saturated heterocycles. The Morgan fingerprint density at radius 2 is 1.98 bits per heavy atom. The molecule has 0 bridgehead atoms. The van der Waals surface area contributed by atoms with Crippen LogP contribution in [-0.2, 0) is 16.1 Å². The SMILES string of the molecule is CC1Oc2cc(N3CCCC3=O)ccc2-c2cnc(Nc3cncc(NC(=O)c4cccc5c4COB5O)c3)cc21. The Kier molecular flexibility index (Phi) is 6.17. The maximum absolute atomic E-state index is 13.0. The van der Waals surface area contributed by atoms with E-state index in [9.17, 15) is 14.6 Å². The molecule has 41 heavy (non-hydrogen) atoms. The molecular formula is C30H26BN5O5. The highest BCUT2D eigenvalue weighted by Crippen LogP contribution is 2.44. The summed E-state index contributed by atoms with van der Waals surface area (Å²) in [4.78, 5) is 35.9. The normalized spacial score (nSPS) is 17.0. The van der Waals surface area contributed by atoms with Crippen molar-refractivity contribution >= 4 is 47.3 Å². The maximum atomic E-state index is 13.0. The number of amides is 2. The largest absolute Gasteiger partial charge is 0.491 e. The molecule has 1 fully saturated rings. The lowest BCUT2D eigenvalue weighted by Gasteiger charge is -2.28. The molecule has 2 aromatic heterocycles. The van der Waals surface area contributed by atoms with Crippen molar-refractivity contribution in [3.05, 3.63) is 83.8 Å². The average molecular weight is 547 g/mol. The van der Waals surface area contributed by atoms with E-state index in [4.69, 9.17) is 9.39 Å². The van der Waals surface area contributed by atoms with Crippen LogP contribution in [0.15, 0.2) is 67.1 Å². The van der Waals surface area contributed by atoms with Crippen molar-refractivity contribution in [2.24, 2.45) is 0 Å². The Balaban J connectivity index is 1.10. The molecule has 10 nitrogen and oxygen atoms in total. The molecule has 5 heterocycles. The summed E-state index contributed by atoms with van der Waals surface area (Å²) < 4.78 is 11.5. The molecule has 7 rings (SSSR count). The van der Waals surface area contributed by atoms with E-state index in [1.165, 1.54) is 0 Å². The van der Waals surface area contributed by atoms with Crippen LogP contribution < -0.4 is 25.7 Å². The van der Waals surface area contributed by atoms with Crippen molar-refractivity contribution in [3.8, 4) is 16.9 Å². The van der Waals surface area contributed by atoms with Crippen LogP contribution in [0.3, 0.4) is 0 Å². The maximum Gasteiger partial charge on any atom is 0.491 e. The van der Waals surface area contributed by atoms with E-state index in [1.807, 2.05) is 42.3 Å². The zero-order valence-corrected chi connectivity index (χ0v) is 22.3. The van der Waals surface area contributed by atoms with Gasteiger partial charge in [0.15, 0.2) is 0 Å². The molecule has 3 aliphatic heterocycles. The van der Waals surface area contributed by atoms with Gasteiger partial charge in [-0.1, -0.05) is 12.1 Å². The Bertz CT molecular complexity index is 1710. The molecule has 11 heteroatoms. The number of anilines is 4. The number of pyridine rings is 2. The zero-order chi connectivity index (χ0) is 28.1. The molecule has 0 radical (unpaired) electrons. The van der Waals surface area contributed by atoms with Crippen molar-refractivity contribution in [1.82, 2.24) is 9.97 Å². The quantitative estimate of drug-likeness (QED) is 0.321. The predicted octanol–water partition coefficient (Wildman–Crippen LogP) is 3.94. The molecule has 4 aromatic rings. The smallest absolute Gasteiger partial charge is 0.485 e. The van der Waals surface area contributed by atoms with Crippen LogP contribution in [0.5, 0.6) is 5.75 Å². The van der Waals surface area contributed by atoms with Gasteiger partial charge >= 0.3 is 7.12 Å². The van der Waals surface area contributed by atoms with E-state index in [0.717, 1.165) is 41.1 Å². The van der Waals surface area contributed by atoms with Crippen LogP contribution in [0.1, 0.15) is 47.4 Å². The fourth-order valence-corrected chi connectivity index (χ4v) is 5.66. The van der Waals surface area contributed by atoms with E-state index in [-0.39, 0.29) is 24.5 Å². The highest BCUT2D eigenvalue weighted by molar-refractivity contribution is 6.61. The first kappa shape index (κ1) is 25.2. The number of aromatic nitrogens is 2. The van der Waals surface area contributed by atoms with Crippen molar-refractivity contribution in [2.75, 3.05) is 22.1 Å². The fourth-order valence-electron chi connectivity index (χ4n) is 5.66. The van der Waals surface area contributed by atoms with Crippen molar-refractivity contribution in [3.63, 3.8) is 0 Å². The molecule has 2 aromatic carbocycles. The second-order valence-corrected chi connectivity index (χ2v) is 10.3. The van der Waals surface area contributed by atoms with Gasteiger partial charge in [-0.25, -0.2) is 4.98 Å². The molecule has 2 amide bonds. The first-order valence-corrected chi connectivity index (χ1v) is 13.5. The second-order valence-electron chi connectivity index (χ2n) is 10.3. The second kappa shape index (κ2) is 10.0. The average Bonchev–Trinajstić information content (AvgIpc) is 3.58. The van der Waals surface area contributed by atoms with Gasteiger partial charge in [0.1, 0.15) is 17.7 Å². The molecule has 0 saturated carbocycles. The topological polar surface area (TPSA) is 126 Å². The van der Waals surface area contributed by atoms with Gasteiger partial charge in [0.2, 0.25) is 5.91 Å². The molecule has 3 aliphatic rings.